The molecule has 1 heterocycles. The van der Waals surface area contributed by atoms with Crippen LogP contribution in [0.25, 0.3) is 22.3 Å². The second kappa shape index (κ2) is 4.59. The van der Waals surface area contributed by atoms with Gasteiger partial charge in [0.25, 0.3) is 0 Å². The van der Waals surface area contributed by atoms with E-state index in [1.165, 1.54) is 27.6 Å². The molecule has 0 aliphatic heterocycles. The van der Waals surface area contributed by atoms with Crippen LogP contribution in [-0.4, -0.2) is 7.11 Å². The van der Waals surface area contributed by atoms with E-state index in [0.717, 1.165) is 29.9 Å². The lowest BCUT2D eigenvalue weighted by Crippen LogP contribution is -2.04. The van der Waals surface area contributed by atoms with E-state index in [1.807, 2.05) is 6.07 Å². The lowest BCUT2D eigenvalue weighted by atomic mass is 9.89. The van der Waals surface area contributed by atoms with Gasteiger partial charge in [0.05, 0.1) is 23.6 Å². The van der Waals surface area contributed by atoms with Crippen molar-refractivity contribution in [1.29, 1.82) is 0 Å². The molecule has 1 aromatic heterocycles. The van der Waals surface area contributed by atoms with Crippen LogP contribution in [0.3, 0.4) is 0 Å². The highest BCUT2D eigenvalue weighted by molar-refractivity contribution is 5.82. The van der Waals surface area contributed by atoms with Crippen molar-refractivity contribution in [3.05, 3.63) is 59.2 Å². The van der Waals surface area contributed by atoms with Crippen molar-refractivity contribution in [3.63, 3.8) is 0 Å². The summed E-state index contributed by atoms with van der Waals surface area (Å²) in [6.45, 7) is 2.11. The van der Waals surface area contributed by atoms with E-state index < -0.39 is 0 Å². The summed E-state index contributed by atoms with van der Waals surface area (Å²) in [6, 6.07) is 14.8. The molecule has 4 rings (SSSR count). The minimum absolute atomic E-state index is 0.911. The van der Waals surface area contributed by atoms with E-state index in [1.54, 1.807) is 7.11 Å². The third kappa shape index (κ3) is 1.99. The summed E-state index contributed by atoms with van der Waals surface area (Å²) < 4.78 is 11.5. The number of hydrogen-bond donors (Lipinski definition) is 0. The van der Waals surface area contributed by atoms with E-state index in [-0.39, 0.29) is 0 Å². The first-order valence-corrected chi connectivity index (χ1v) is 7.28. The van der Waals surface area contributed by atoms with Gasteiger partial charge in [-0.05, 0) is 67.3 Å². The zero-order valence-electron chi connectivity index (χ0n) is 12.3. The maximum Gasteiger partial charge on any atom is 0.364 e. The Bertz CT molecular complexity index is 850. The van der Waals surface area contributed by atoms with Crippen LogP contribution in [0.2, 0.25) is 0 Å². The fourth-order valence-corrected chi connectivity index (χ4v) is 3.11. The van der Waals surface area contributed by atoms with Crippen LogP contribution in [0.1, 0.15) is 16.7 Å². The lowest BCUT2D eigenvalue weighted by Gasteiger charge is -2.14. The molecule has 0 bridgehead atoms. The topological polar surface area (TPSA) is 20.5 Å². The standard InChI is InChI=1S/C19H17O2/c1-12-3-8-18-15(9-12)10-14-5-4-13-11-16(20-2)6-7-17(13)19(14)21-18/h3,6-11H,4-5H2,1-2H3/q+1. The van der Waals surface area contributed by atoms with Gasteiger partial charge in [-0.2, -0.15) is 0 Å². The van der Waals surface area contributed by atoms with Crippen LogP contribution in [0, 0.1) is 6.92 Å². The van der Waals surface area contributed by atoms with Gasteiger partial charge in [0.1, 0.15) is 5.75 Å². The highest BCUT2D eigenvalue weighted by atomic mass is 16.5. The molecule has 21 heavy (non-hydrogen) atoms. The van der Waals surface area contributed by atoms with Gasteiger partial charge in [0, 0.05) is 6.07 Å². The molecule has 1 aliphatic carbocycles. The van der Waals surface area contributed by atoms with Gasteiger partial charge in [0.2, 0.25) is 0 Å². The summed E-state index contributed by atoms with van der Waals surface area (Å²) in [5, 5.41) is 1.19. The SMILES string of the molecule is COc1ccc2c(c1)CCc1cc3cc(C)ccc3[o+]c1-2. The van der Waals surface area contributed by atoms with E-state index in [0.29, 0.717) is 0 Å². The minimum atomic E-state index is 0.911. The normalized spacial score (nSPS) is 12.9. The van der Waals surface area contributed by atoms with Gasteiger partial charge in [-0.1, -0.05) is 0 Å². The summed E-state index contributed by atoms with van der Waals surface area (Å²) in [5.41, 5.74) is 6.00. The minimum Gasteiger partial charge on any atom is -0.497 e. The smallest absolute Gasteiger partial charge is 0.364 e. The molecule has 2 heteroatoms. The maximum atomic E-state index is 6.20. The highest BCUT2D eigenvalue weighted by Crippen LogP contribution is 2.37. The number of aryl methyl sites for hydroxylation is 3. The molecule has 2 nitrogen and oxygen atoms in total. The molecule has 0 spiro atoms. The first-order chi connectivity index (χ1) is 10.2. The van der Waals surface area contributed by atoms with E-state index in [4.69, 9.17) is 9.15 Å². The van der Waals surface area contributed by atoms with Gasteiger partial charge in [-0.3, -0.25) is 0 Å². The van der Waals surface area contributed by atoms with Crippen LogP contribution in [0.15, 0.2) is 46.9 Å². The fraction of sp³-hybridized carbons (Fsp3) is 0.211. The molecular formula is C19H17O2+. The average Bonchev–Trinajstić information content (AvgIpc) is 2.52. The van der Waals surface area contributed by atoms with Crippen LogP contribution in [0.4, 0.5) is 0 Å². The highest BCUT2D eigenvalue weighted by Gasteiger charge is 2.28. The number of hydrogen-bond acceptors (Lipinski definition) is 1. The summed E-state index contributed by atoms with van der Waals surface area (Å²) in [5.74, 6) is 1.92. The van der Waals surface area contributed by atoms with Crippen LogP contribution >= 0.6 is 0 Å². The number of fused-ring (bicyclic) bond motifs is 4. The quantitative estimate of drug-likeness (QED) is 0.596. The average molecular weight is 277 g/mol. The van der Waals surface area contributed by atoms with Gasteiger partial charge in [-0.25, -0.2) is 4.42 Å². The molecule has 104 valence electrons. The Kier molecular flexibility index (Phi) is 2.71. The summed E-state index contributed by atoms with van der Waals surface area (Å²) in [6.07, 6.45) is 2.05. The van der Waals surface area contributed by atoms with Gasteiger partial charge < -0.3 is 4.74 Å². The Hall–Kier alpha value is -2.35. The van der Waals surface area contributed by atoms with Crippen molar-refractivity contribution in [2.45, 2.75) is 19.8 Å². The summed E-state index contributed by atoms with van der Waals surface area (Å²) in [7, 11) is 1.71. The Morgan fingerprint density at radius 1 is 0.952 bits per heavy atom. The monoisotopic (exact) mass is 277 g/mol. The molecule has 0 N–H and O–H groups in total. The van der Waals surface area contributed by atoms with Crippen molar-refractivity contribution in [2.24, 2.45) is 0 Å². The predicted octanol–water partition coefficient (Wildman–Crippen LogP) is 4.80. The molecule has 0 amide bonds. The molecule has 0 fully saturated rings. The Morgan fingerprint density at radius 3 is 2.67 bits per heavy atom. The van der Waals surface area contributed by atoms with Crippen molar-refractivity contribution in [3.8, 4) is 17.1 Å². The van der Waals surface area contributed by atoms with Gasteiger partial charge >= 0.3 is 11.3 Å². The van der Waals surface area contributed by atoms with E-state index in [9.17, 15) is 0 Å². The number of methoxy groups -OCH3 is 1. The molecule has 1 aliphatic rings. The molecular weight excluding hydrogens is 260 g/mol. The predicted molar refractivity (Wildman–Crippen MR) is 84.8 cm³/mol. The maximum absolute atomic E-state index is 6.20. The van der Waals surface area contributed by atoms with Gasteiger partial charge in [-0.15, -0.1) is 0 Å². The number of benzene rings is 2. The summed E-state index contributed by atoms with van der Waals surface area (Å²) in [4.78, 5) is 0. The summed E-state index contributed by atoms with van der Waals surface area (Å²) >= 11 is 0. The van der Waals surface area contributed by atoms with Crippen LogP contribution < -0.4 is 4.74 Å². The van der Waals surface area contributed by atoms with Crippen LogP contribution in [-0.2, 0) is 12.8 Å². The molecule has 2 aromatic carbocycles. The Labute approximate surface area is 124 Å². The number of ether oxygens (including phenoxy) is 1. The molecule has 3 aromatic rings. The first kappa shape index (κ1) is 12.4. The second-order valence-corrected chi connectivity index (χ2v) is 5.67. The number of rotatable bonds is 1. The molecule has 0 unspecified atom stereocenters. The van der Waals surface area contributed by atoms with Crippen LogP contribution in [0.5, 0.6) is 5.75 Å². The molecule has 0 radical (unpaired) electrons. The van der Waals surface area contributed by atoms with Crippen molar-refractivity contribution >= 4 is 11.0 Å². The van der Waals surface area contributed by atoms with Crippen molar-refractivity contribution in [2.75, 3.05) is 7.11 Å². The zero-order chi connectivity index (χ0) is 14.4. The largest absolute Gasteiger partial charge is 0.497 e. The Balaban J connectivity index is 1.95. The third-order valence-electron chi connectivity index (χ3n) is 4.22. The van der Waals surface area contributed by atoms with Gasteiger partial charge in [0.15, 0.2) is 0 Å². The van der Waals surface area contributed by atoms with E-state index in [2.05, 4.69) is 43.3 Å². The second-order valence-electron chi connectivity index (χ2n) is 5.67. The lowest BCUT2D eigenvalue weighted by molar-refractivity contribution is 0.414. The molecule has 0 atom stereocenters. The third-order valence-corrected chi connectivity index (χ3v) is 4.22. The molecule has 0 saturated heterocycles. The first-order valence-electron chi connectivity index (χ1n) is 7.28. The van der Waals surface area contributed by atoms with Crippen molar-refractivity contribution < 1.29 is 9.15 Å². The zero-order valence-corrected chi connectivity index (χ0v) is 12.3. The van der Waals surface area contributed by atoms with Crippen molar-refractivity contribution in [1.82, 2.24) is 0 Å². The fourth-order valence-electron chi connectivity index (χ4n) is 3.11. The molecule has 0 saturated carbocycles. The van der Waals surface area contributed by atoms with E-state index >= 15 is 0 Å². The Morgan fingerprint density at radius 2 is 1.81 bits per heavy atom.